The van der Waals surface area contributed by atoms with Crippen molar-refractivity contribution < 1.29 is 19.1 Å². The zero-order valence-corrected chi connectivity index (χ0v) is 25.0. The lowest BCUT2D eigenvalue weighted by atomic mass is 9.75. The first-order chi connectivity index (χ1) is 18.6. The summed E-state index contributed by atoms with van der Waals surface area (Å²) in [5, 5.41) is 0. The van der Waals surface area contributed by atoms with Gasteiger partial charge in [0.2, 0.25) is 0 Å². The Morgan fingerprint density at radius 3 is 2.08 bits per heavy atom. The molecule has 2 aromatic rings. The van der Waals surface area contributed by atoms with E-state index in [9.17, 15) is 9.59 Å². The highest BCUT2D eigenvalue weighted by molar-refractivity contribution is 5.93. The molecule has 0 bridgehead atoms. The van der Waals surface area contributed by atoms with Gasteiger partial charge in [0.05, 0.1) is 13.2 Å². The molecule has 212 valence electrons. The van der Waals surface area contributed by atoms with E-state index in [1.807, 2.05) is 13.8 Å². The van der Waals surface area contributed by atoms with Crippen LogP contribution in [0.25, 0.3) is 0 Å². The van der Waals surface area contributed by atoms with Crippen LogP contribution in [0.15, 0.2) is 42.5 Å². The predicted octanol–water partition coefficient (Wildman–Crippen LogP) is 8.56. The van der Waals surface area contributed by atoms with Crippen molar-refractivity contribution in [2.75, 3.05) is 13.2 Å². The third-order valence-corrected chi connectivity index (χ3v) is 9.24. The highest BCUT2D eigenvalue weighted by Gasteiger charge is 2.49. The van der Waals surface area contributed by atoms with Crippen LogP contribution in [0.2, 0.25) is 0 Å². The molecule has 0 radical (unpaired) electrons. The highest BCUT2D eigenvalue weighted by atomic mass is 16.5. The summed E-state index contributed by atoms with van der Waals surface area (Å²) in [5.41, 5.74) is 3.23. The molecule has 39 heavy (non-hydrogen) atoms. The van der Waals surface area contributed by atoms with Crippen molar-refractivity contribution in [2.45, 2.75) is 110 Å². The minimum Gasteiger partial charge on any atom is -0.493 e. The fourth-order valence-corrected chi connectivity index (χ4v) is 6.20. The van der Waals surface area contributed by atoms with E-state index < -0.39 is 5.41 Å². The molecule has 0 spiro atoms. The summed E-state index contributed by atoms with van der Waals surface area (Å²) in [6.45, 7) is 13.6. The Morgan fingerprint density at radius 1 is 1.00 bits per heavy atom. The molecule has 2 atom stereocenters. The standard InChI is InChI=1S/C35H48O4/c1-7-38-31-21-27(22-32(39-8-2)33(31)26-16-17-26)24(3)29(30(37)23-35(19-20-35)25(4)36)15-12-18-34(5,6)28-13-10-9-11-14-28/h9-11,13-14,21-22,24,26,29H,7-8,12,15-20,23H2,1-6H3/t24-,29?/m1/s1. The number of hydrogen-bond acceptors (Lipinski definition) is 4. The Labute approximate surface area is 235 Å². The Bertz CT molecular complexity index is 1110. The molecule has 4 nitrogen and oxygen atoms in total. The second kappa shape index (κ2) is 12.3. The van der Waals surface area contributed by atoms with E-state index in [1.165, 1.54) is 24.0 Å². The maximum absolute atomic E-state index is 13.9. The maximum Gasteiger partial charge on any atom is 0.137 e. The molecule has 2 aliphatic rings. The van der Waals surface area contributed by atoms with Crippen LogP contribution >= 0.6 is 0 Å². The highest BCUT2D eigenvalue weighted by Crippen LogP contribution is 2.52. The van der Waals surface area contributed by atoms with E-state index in [-0.39, 0.29) is 28.8 Å². The summed E-state index contributed by atoms with van der Waals surface area (Å²) in [5.74, 6) is 2.57. The molecule has 0 saturated heterocycles. The van der Waals surface area contributed by atoms with Crippen molar-refractivity contribution in [3.8, 4) is 11.5 Å². The van der Waals surface area contributed by atoms with Crippen LogP contribution in [-0.4, -0.2) is 24.8 Å². The maximum atomic E-state index is 13.9. The molecular weight excluding hydrogens is 484 g/mol. The molecule has 0 heterocycles. The van der Waals surface area contributed by atoms with Gasteiger partial charge in [0.15, 0.2) is 0 Å². The van der Waals surface area contributed by atoms with Gasteiger partial charge in [-0.1, -0.05) is 57.5 Å². The van der Waals surface area contributed by atoms with Crippen molar-refractivity contribution in [1.82, 2.24) is 0 Å². The van der Waals surface area contributed by atoms with Gasteiger partial charge in [-0.2, -0.15) is 0 Å². The van der Waals surface area contributed by atoms with Crippen LogP contribution < -0.4 is 9.47 Å². The van der Waals surface area contributed by atoms with Gasteiger partial charge in [-0.25, -0.2) is 0 Å². The molecule has 0 N–H and O–H groups in total. The van der Waals surface area contributed by atoms with Gasteiger partial charge >= 0.3 is 0 Å². The van der Waals surface area contributed by atoms with E-state index in [4.69, 9.17) is 9.47 Å². The van der Waals surface area contributed by atoms with Gasteiger partial charge in [-0.3, -0.25) is 9.59 Å². The van der Waals surface area contributed by atoms with Crippen molar-refractivity contribution in [3.63, 3.8) is 0 Å². The molecular formula is C35H48O4. The molecule has 0 aromatic heterocycles. The van der Waals surface area contributed by atoms with Crippen LogP contribution in [0.4, 0.5) is 0 Å². The lowest BCUT2D eigenvalue weighted by Crippen LogP contribution is -2.27. The summed E-state index contributed by atoms with van der Waals surface area (Å²) >= 11 is 0. The summed E-state index contributed by atoms with van der Waals surface area (Å²) in [7, 11) is 0. The van der Waals surface area contributed by atoms with Gasteiger partial charge in [0.25, 0.3) is 0 Å². The summed E-state index contributed by atoms with van der Waals surface area (Å²) < 4.78 is 12.3. The first-order valence-electron chi connectivity index (χ1n) is 15.1. The number of hydrogen-bond donors (Lipinski definition) is 0. The molecule has 0 amide bonds. The molecule has 2 fully saturated rings. The van der Waals surface area contributed by atoms with Crippen LogP contribution in [0.1, 0.15) is 121 Å². The Morgan fingerprint density at radius 2 is 1.59 bits per heavy atom. The van der Waals surface area contributed by atoms with Gasteiger partial charge in [0, 0.05) is 23.3 Å². The average molecular weight is 533 g/mol. The summed E-state index contributed by atoms with van der Waals surface area (Å²) in [6, 6.07) is 15.0. The fraction of sp³-hybridized carbons (Fsp3) is 0.600. The van der Waals surface area contributed by atoms with Gasteiger partial charge in [0.1, 0.15) is 23.1 Å². The fourth-order valence-electron chi connectivity index (χ4n) is 6.20. The van der Waals surface area contributed by atoms with Crippen LogP contribution in [0, 0.1) is 11.3 Å². The third kappa shape index (κ3) is 6.94. The van der Waals surface area contributed by atoms with Gasteiger partial charge in [-0.05, 0) is 99.8 Å². The van der Waals surface area contributed by atoms with Crippen LogP contribution in [0.5, 0.6) is 11.5 Å². The molecule has 0 aliphatic heterocycles. The third-order valence-electron chi connectivity index (χ3n) is 9.24. The predicted molar refractivity (Wildman–Crippen MR) is 158 cm³/mol. The second-order valence-electron chi connectivity index (χ2n) is 12.6. The number of rotatable bonds is 16. The van der Waals surface area contributed by atoms with E-state index in [2.05, 4.69) is 63.2 Å². The molecule has 4 rings (SSSR count). The smallest absolute Gasteiger partial charge is 0.137 e. The molecule has 2 aliphatic carbocycles. The van der Waals surface area contributed by atoms with E-state index in [1.54, 1.807) is 6.92 Å². The molecule has 2 aromatic carbocycles. The molecule has 2 saturated carbocycles. The zero-order valence-electron chi connectivity index (χ0n) is 25.0. The quantitative estimate of drug-likeness (QED) is 0.217. The Hall–Kier alpha value is -2.62. The second-order valence-corrected chi connectivity index (χ2v) is 12.6. The first-order valence-corrected chi connectivity index (χ1v) is 15.1. The number of benzene rings is 2. The van der Waals surface area contributed by atoms with Crippen molar-refractivity contribution in [2.24, 2.45) is 11.3 Å². The number of Topliss-reactive ketones (excluding diaryl/α,β-unsaturated/α-hetero) is 2. The van der Waals surface area contributed by atoms with E-state index in [0.717, 1.165) is 49.2 Å². The average Bonchev–Trinajstić information content (AvgIpc) is 3.83. The topological polar surface area (TPSA) is 52.6 Å². The number of carbonyl (C=O) groups excluding carboxylic acids is 2. The number of ketones is 2. The van der Waals surface area contributed by atoms with Crippen molar-refractivity contribution >= 4 is 11.6 Å². The van der Waals surface area contributed by atoms with E-state index in [0.29, 0.717) is 25.6 Å². The lowest BCUT2D eigenvalue weighted by Gasteiger charge is -2.29. The summed E-state index contributed by atoms with van der Waals surface area (Å²) in [4.78, 5) is 26.3. The Kier molecular flexibility index (Phi) is 9.24. The van der Waals surface area contributed by atoms with Gasteiger partial charge < -0.3 is 9.47 Å². The molecule has 1 unspecified atom stereocenters. The van der Waals surface area contributed by atoms with Gasteiger partial charge in [-0.15, -0.1) is 0 Å². The van der Waals surface area contributed by atoms with E-state index >= 15 is 0 Å². The normalized spacial score (nSPS) is 17.8. The van der Waals surface area contributed by atoms with Crippen molar-refractivity contribution in [1.29, 1.82) is 0 Å². The molecule has 4 heteroatoms. The minimum atomic E-state index is -0.416. The largest absolute Gasteiger partial charge is 0.493 e. The van der Waals surface area contributed by atoms with Crippen LogP contribution in [-0.2, 0) is 15.0 Å². The number of carbonyl (C=O) groups is 2. The van der Waals surface area contributed by atoms with Crippen molar-refractivity contribution in [3.05, 3.63) is 59.2 Å². The zero-order chi connectivity index (χ0) is 28.2. The number of ether oxygens (including phenoxy) is 2. The Balaban J connectivity index is 1.60. The minimum absolute atomic E-state index is 0.00626. The first kappa shape index (κ1) is 29.4. The monoisotopic (exact) mass is 532 g/mol. The van der Waals surface area contributed by atoms with Crippen LogP contribution in [0.3, 0.4) is 0 Å². The lowest BCUT2D eigenvalue weighted by molar-refractivity contribution is -0.130. The summed E-state index contributed by atoms with van der Waals surface area (Å²) in [6.07, 6.45) is 7.15. The SMILES string of the molecule is CCOc1cc([C@@H](C)C(CCCC(C)(C)c2ccccc2)C(=O)CC2(C(C)=O)CC2)cc(OCC)c1C1CC1.